The molecule has 2 rings (SSSR count). The summed E-state index contributed by atoms with van der Waals surface area (Å²) in [6.07, 6.45) is 2.55. The number of ketones is 1. The molecule has 7 heteroatoms. The Bertz CT molecular complexity index is 832. The van der Waals surface area contributed by atoms with Crippen LogP contribution in [0.15, 0.2) is 46.9 Å². The van der Waals surface area contributed by atoms with E-state index in [1.807, 2.05) is 0 Å². The van der Waals surface area contributed by atoms with Crippen LogP contribution in [0.1, 0.15) is 15.9 Å². The Labute approximate surface area is 151 Å². The lowest BCUT2D eigenvalue weighted by atomic mass is 10.1. The summed E-state index contributed by atoms with van der Waals surface area (Å²) in [7, 11) is 1.40. The lowest BCUT2D eigenvalue weighted by Crippen LogP contribution is -2.13. The van der Waals surface area contributed by atoms with Crippen molar-refractivity contribution >= 4 is 33.8 Å². The Hall–Kier alpha value is -2.67. The van der Waals surface area contributed by atoms with Crippen molar-refractivity contribution in [3.63, 3.8) is 0 Å². The summed E-state index contributed by atoms with van der Waals surface area (Å²) >= 11 is 3.17. The average Bonchev–Trinajstić information content (AvgIpc) is 2.60. The average molecular weight is 409 g/mol. The van der Waals surface area contributed by atoms with Crippen LogP contribution in [0.5, 0.6) is 11.5 Å². The molecule has 0 radical (unpaired) electrons. The number of ether oxygens (including phenoxy) is 2. The lowest BCUT2D eigenvalue weighted by Gasteiger charge is -2.06. The van der Waals surface area contributed by atoms with E-state index in [0.717, 1.165) is 12.1 Å². The SMILES string of the molecule is COc1cc(/C=C/C(=O)OCC(=O)c2ccccc2F)cc(Br)c1O. The number of methoxy groups -OCH3 is 1. The maximum Gasteiger partial charge on any atom is 0.331 e. The number of esters is 1. The molecule has 0 aliphatic carbocycles. The van der Waals surface area contributed by atoms with E-state index in [9.17, 15) is 19.1 Å². The Morgan fingerprint density at radius 3 is 2.68 bits per heavy atom. The van der Waals surface area contributed by atoms with Gasteiger partial charge in [-0.25, -0.2) is 9.18 Å². The van der Waals surface area contributed by atoms with Crippen LogP contribution in [-0.4, -0.2) is 30.6 Å². The van der Waals surface area contributed by atoms with Crippen LogP contribution in [0, 0.1) is 5.82 Å². The van der Waals surface area contributed by atoms with Gasteiger partial charge in [0.25, 0.3) is 0 Å². The Morgan fingerprint density at radius 2 is 2.00 bits per heavy atom. The van der Waals surface area contributed by atoms with Crippen molar-refractivity contribution in [2.75, 3.05) is 13.7 Å². The van der Waals surface area contributed by atoms with Crippen molar-refractivity contribution in [3.8, 4) is 11.5 Å². The summed E-state index contributed by atoms with van der Waals surface area (Å²) in [6.45, 7) is -0.563. The highest BCUT2D eigenvalue weighted by Crippen LogP contribution is 2.35. The highest BCUT2D eigenvalue weighted by atomic mass is 79.9. The van der Waals surface area contributed by atoms with Crippen LogP contribution in [0.2, 0.25) is 0 Å². The highest BCUT2D eigenvalue weighted by molar-refractivity contribution is 9.10. The number of halogens is 2. The quantitative estimate of drug-likeness (QED) is 0.447. The van der Waals surface area contributed by atoms with E-state index in [2.05, 4.69) is 15.9 Å². The number of Topliss-reactive ketones (excluding diaryl/α,β-unsaturated/α-hetero) is 1. The molecule has 0 fully saturated rings. The molecule has 2 aromatic carbocycles. The molecular weight excluding hydrogens is 395 g/mol. The summed E-state index contributed by atoms with van der Waals surface area (Å²) in [5.41, 5.74) is 0.436. The fourth-order valence-electron chi connectivity index (χ4n) is 1.96. The van der Waals surface area contributed by atoms with Crippen LogP contribution in [-0.2, 0) is 9.53 Å². The summed E-state index contributed by atoms with van der Waals surface area (Å²) in [5.74, 6) is -1.88. The first-order chi connectivity index (χ1) is 11.9. The number of aromatic hydroxyl groups is 1. The zero-order chi connectivity index (χ0) is 18.4. The van der Waals surface area contributed by atoms with Gasteiger partial charge in [-0.3, -0.25) is 4.79 Å². The molecule has 5 nitrogen and oxygen atoms in total. The Kier molecular flexibility index (Phi) is 6.30. The first-order valence-electron chi connectivity index (χ1n) is 7.11. The third-order valence-corrected chi connectivity index (χ3v) is 3.81. The van der Waals surface area contributed by atoms with Crippen molar-refractivity contribution < 1.29 is 28.6 Å². The number of benzene rings is 2. The molecule has 0 heterocycles. The van der Waals surface area contributed by atoms with E-state index < -0.39 is 24.2 Å². The minimum Gasteiger partial charge on any atom is -0.503 e. The van der Waals surface area contributed by atoms with Crippen LogP contribution in [0.25, 0.3) is 6.08 Å². The second-order valence-corrected chi connectivity index (χ2v) is 5.75. The van der Waals surface area contributed by atoms with Crippen molar-refractivity contribution in [2.45, 2.75) is 0 Å². The fraction of sp³-hybridized carbons (Fsp3) is 0.111. The zero-order valence-corrected chi connectivity index (χ0v) is 14.7. The molecule has 0 aromatic heterocycles. The Balaban J connectivity index is 1.99. The molecule has 0 amide bonds. The molecule has 0 saturated carbocycles. The van der Waals surface area contributed by atoms with Gasteiger partial charge in [0.15, 0.2) is 18.1 Å². The smallest absolute Gasteiger partial charge is 0.331 e. The highest BCUT2D eigenvalue weighted by Gasteiger charge is 2.13. The van der Waals surface area contributed by atoms with Crippen LogP contribution >= 0.6 is 15.9 Å². The van der Waals surface area contributed by atoms with Crippen molar-refractivity contribution in [3.05, 3.63) is 63.9 Å². The Morgan fingerprint density at radius 1 is 1.28 bits per heavy atom. The van der Waals surface area contributed by atoms with Gasteiger partial charge in [0.1, 0.15) is 5.82 Å². The predicted molar refractivity (Wildman–Crippen MR) is 93.1 cm³/mol. The van der Waals surface area contributed by atoms with E-state index in [0.29, 0.717) is 10.0 Å². The zero-order valence-electron chi connectivity index (χ0n) is 13.2. The first kappa shape index (κ1) is 18.7. The van der Waals surface area contributed by atoms with E-state index in [-0.39, 0.29) is 17.1 Å². The second kappa shape index (κ2) is 8.43. The predicted octanol–water partition coefficient (Wildman–Crippen LogP) is 3.74. The number of hydrogen-bond donors (Lipinski definition) is 1. The van der Waals surface area contributed by atoms with Crippen molar-refractivity contribution in [1.82, 2.24) is 0 Å². The molecule has 0 spiro atoms. The molecule has 0 saturated heterocycles. The third-order valence-electron chi connectivity index (χ3n) is 3.20. The van der Waals surface area contributed by atoms with Crippen molar-refractivity contribution in [1.29, 1.82) is 0 Å². The second-order valence-electron chi connectivity index (χ2n) is 4.90. The molecular formula is C18H14BrFO5. The minimum absolute atomic E-state index is 0.0577. The largest absolute Gasteiger partial charge is 0.503 e. The van der Waals surface area contributed by atoms with E-state index in [4.69, 9.17) is 9.47 Å². The van der Waals surface area contributed by atoms with Crippen molar-refractivity contribution in [2.24, 2.45) is 0 Å². The summed E-state index contributed by atoms with van der Waals surface area (Å²) < 4.78 is 23.7. The number of phenols is 1. The maximum absolute atomic E-state index is 13.5. The van der Waals surface area contributed by atoms with Gasteiger partial charge in [0, 0.05) is 6.08 Å². The van der Waals surface area contributed by atoms with E-state index >= 15 is 0 Å². The van der Waals surface area contributed by atoms with E-state index in [1.54, 1.807) is 6.07 Å². The number of hydrogen-bond acceptors (Lipinski definition) is 5. The minimum atomic E-state index is -0.757. The molecule has 2 aromatic rings. The number of carbonyl (C=O) groups is 2. The summed E-state index contributed by atoms with van der Waals surface area (Å²) in [5, 5.41) is 9.72. The van der Waals surface area contributed by atoms with Gasteiger partial charge in [-0.2, -0.15) is 0 Å². The van der Waals surface area contributed by atoms with Crippen LogP contribution < -0.4 is 4.74 Å². The molecule has 0 aliphatic rings. The van der Waals surface area contributed by atoms with Gasteiger partial charge >= 0.3 is 5.97 Å². The molecule has 0 unspecified atom stereocenters. The van der Waals surface area contributed by atoms with Gasteiger partial charge in [-0.05, 0) is 51.8 Å². The van der Waals surface area contributed by atoms with Gasteiger partial charge < -0.3 is 14.6 Å². The van der Waals surface area contributed by atoms with Gasteiger partial charge in [0.05, 0.1) is 17.1 Å². The first-order valence-corrected chi connectivity index (χ1v) is 7.90. The summed E-state index contributed by atoms with van der Waals surface area (Å²) in [6, 6.07) is 8.56. The van der Waals surface area contributed by atoms with Crippen LogP contribution in [0.4, 0.5) is 4.39 Å². The number of rotatable bonds is 6. The molecule has 0 atom stereocenters. The van der Waals surface area contributed by atoms with Gasteiger partial charge in [0.2, 0.25) is 5.78 Å². The topological polar surface area (TPSA) is 72.8 Å². The molecule has 25 heavy (non-hydrogen) atoms. The van der Waals surface area contributed by atoms with Crippen LogP contribution in [0.3, 0.4) is 0 Å². The van der Waals surface area contributed by atoms with Gasteiger partial charge in [-0.15, -0.1) is 0 Å². The molecule has 130 valence electrons. The number of carbonyl (C=O) groups excluding carboxylic acids is 2. The monoisotopic (exact) mass is 408 g/mol. The molecule has 0 bridgehead atoms. The van der Waals surface area contributed by atoms with E-state index in [1.165, 1.54) is 37.5 Å². The molecule has 0 aliphatic heterocycles. The number of phenolic OH excluding ortho intramolecular Hbond substituents is 1. The lowest BCUT2D eigenvalue weighted by molar-refractivity contribution is -0.136. The third kappa shape index (κ3) is 4.90. The maximum atomic E-state index is 13.5. The van der Waals surface area contributed by atoms with Gasteiger partial charge in [-0.1, -0.05) is 12.1 Å². The normalized spacial score (nSPS) is 10.7. The standard InChI is InChI=1S/C18H14BrFO5/c1-24-16-9-11(8-13(19)18(16)23)6-7-17(22)25-10-15(21)12-4-2-3-5-14(12)20/h2-9,23H,10H2,1H3/b7-6+. The summed E-state index contributed by atoms with van der Waals surface area (Å²) in [4.78, 5) is 23.5. The molecule has 1 N–H and O–H groups in total. The fourth-order valence-corrected chi connectivity index (χ4v) is 2.42.